The summed E-state index contributed by atoms with van der Waals surface area (Å²) in [4.78, 5) is 17.9. The third-order valence-corrected chi connectivity index (χ3v) is 4.91. The van der Waals surface area contributed by atoms with E-state index in [4.69, 9.17) is 0 Å². The lowest BCUT2D eigenvalue weighted by Crippen LogP contribution is -2.63. The van der Waals surface area contributed by atoms with Gasteiger partial charge in [0.15, 0.2) is 0 Å². The van der Waals surface area contributed by atoms with Crippen molar-refractivity contribution in [1.82, 2.24) is 24.7 Å². The van der Waals surface area contributed by atoms with Crippen LogP contribution in [-0.4, -0.2) is 70.6 Å². The number of carbonyl (C=O) groups excluding carboxylic acids is 1. The second-order valence-corrected chi connectivity index (χ2v) is 6.25. The van der Waals surface area contributed by atoms with E-state index in [1.54, 1.807) is 0 Å². The second-order valence-electron chi connectivity index (χ2n) is 5.50. The Morgan fingerprint density at radius 3 is 2.85 bits per heavy atom. The first-order valence-electron chi connectivity index (χ1n) is 7.33. The Bertz CT molecular complexity index is 469. The summed E-state index contributed by atoms with van der Waals surface area (Å²) >= 11 is 1.20. The molecule has 0 aromatic carbocycles. The van der Waals surface area contributed by atoms with Crippen molar-refractivity contribution < 1.29 is 4.79 Å². The molecule has 20 heavy (non-hydrogen) atoms. The maximum Gasteiger partial charge on any atom is 0.265 e. The molecule has 2 bridgehead atoms. The van der Waals surface area contributed by atoms with Crippen LogP contribution in [0.25, 0.3) is 0 Å². The fourth-order valence-corrected chi connectivity index (χ4v) is 3.61. The summed E-state index contributed by atoms with van der Waals surface area (Å²) in [5, 5.41) is 7.11. The van der Waals surface area contributed by atoms with Crippen molar-refractivity contribution in [3.05, 3.63) is 10.6 Å². The van der Waals surface area contributed by atoms with Crippen molar-refractivity contribution in [3.63, 3.8) is 0 Å². The molecule has 1 unspecified atom stereocenters. The summed E-state index contributed by atoms with van der Waals surface area (Å²) in [6, 6.07) is 0.456. The molecule has 3 aliphatic rings. The molecule has 7 heteroatoms. The van der Waals surface area contributed by atoms with Gasteiger partial charge in [0.25, 0.3) is 5.91 Å². The molecule has 0 saturated carbocycles. The molecule has 1 aromatic heterocycles. The first-order valence-corrected chi connectivity index (χ1v) is 8.11. The first kappa shape index (κ1) is 13.9. The van der Waals surface area contributed by atoms with E-state index in [0.717, 1.165) is 44.7 Å². The largest absolute Gasteiger partial charge is 0.350 e. The van der Waals surface area contributed by atoms with E-state index in [-0.39, 0.29) is 5.91 Å². The lowest BCUT2D eigenvalue weighted by atomic mass is 10.1. The number of aryl methyl sites for hydroxylation is 1. The fraction of sp³-hybridized carbons (Fsp3) is 0.769. The van der Waals surface area contributed by atoms with Crippen LogP contribution in [0, 0.1) is 0 Å². The van der Waals surface area contributed by atoms with Crippen molar-refractivity contribution in [1.29, 1.82) is 0 Å². The molecule has 110 valence electrons. The highest BCUT2D eigenvalue weighted by Gasteiger charge is 2.32. The maximum atomic E-state index is 12.2. The molecule has 1 atom stereocenters. The highest BCUT2D eigenvalue weighted by atomic mass is 32.1. The normalized spacial score (nSPS) is 28.6. The third-order valence-electron chi connectivity index (χ3n) is 4.14. The van der Waals surface area contributed by atoms with Crippen molar-refractivity contribution in [3.8, 4) is 0 Å². The average molecular weight is 295 g/mol. The molecule has 1 aromatic rings. The minimum Gasteiger partial charge on any atom is -0.350 e. The topological polar surface area (TPSA) is 61.4 Å². The van der Waals surface area contributed by atoms with E-state index >= 15 is 0 Å². The quantitative estimate of drug-likeness (QED) is 0.842. The monoisotopic (exact) mass is 295 g/mol. The summed E-state index contributed by atoms with van der Waals surface area (Å²) in [5.41, 5.74) is 0.837. The highest BCUT2D eigenvalue weighted by molar-refractivity contribution is 7.08. The van der Waals surface area contributed by atoms with Crippen molar-refractivity contribution in [2.24, 2.45) is 0 Å². The summed E-state index contributed by atoms with van der Waals surface area (Å²) < 4.78 is 3.91. The second kappa shape index (κ2) is 6.15. The van der Waals surface area contributed by atoms with Crippen LogP contribution in [0.1, 0.15) is 28.7 Å². The van der Waals surface area contributed by atoms with Crippen LogP contribution < -0.4 is 5.32 Å². The minimum absolute atomic E-state index is 0.0129. The Balaban J connectivity index is 1.55. The predicted octanol–water partition coefficient (Wildman–Crippen LogP) is 0.220. The van der Waals surface area contributed by atoms with Crippen LogP contribution in [0.3, 0.4) is 0 Å². The number of hydrogen-bond acceptors (Lipinski definition) is 6. The predicted molar refractivity (Wildman–Crippen MR) is 78.0 cm³/mol. The fourth-order valence-electron chi connectivity index (χ4n) is 2.99. The molecule has 4 rings (SSSR count). The van der Waals surface area contributed by atoms with Crippen molar-refractivity contribution >= 4 is 17.4 Å². The molecule has 3 aliphatic heterocycles. The van der Waals surface area contributed by atoms with Gasteiger partial charge in [-0.15, -0.1) is 5.10 Å². The Labute approximate surface area is 123 Å². The molecular formula is C13H21N5OS. The van der Waals surface area contributed by atoms with Crippen LogP contribution in [-0.2, 0) is 6.42 Å². The smallest absolute Gasteiger partial charge is 0.265 e. The SMILES string of the molecule is CCCc1nnsc1C(=O)NCC1CN2CCN1CC2. The molecule has 6 nitrogen and oxygen atoms in total. The van der Waals surface area contributed by atoms with Crippen molar-refractivity contribution in [2.75, 3.05) is 39.3 Å². The number of nitrogens with zero attached hydrogens (tertiary/aromatic N) is 4. The van der Waals surface area contributed by atoms with Gasteiger partial charge in [-0.1, -0.05) is 17.8 Å². The number of carbonyl (C=O) groups is 1. The van der Waals surface area contributed by atoms with E-state index in [1.165, 1.54) is 24.6 Å². The molecule has 0 spiro atoms. The Morgan fingerprint density at radius 2 is 2.20 bits per heavy atom. The van der Waals surface area contributed by atoms with Gasteiger partial charge in [0.05, 0.1) is 5.69 Å². The van der Waals surface area contributed by atoms with Crippen LogP contribution in [0.5, 0.6) is 0 Å². The molecular weight excluding hydrogens is 274 g/mol. The Morgan fingerprint density at radius 1 is 1.40 bits per heavy atom. The number of aromatic nitrogens is 2. The lowest BCUT2D eigenvalue weighted by Gasteiger charge is -2.47. The number of nitrogens with one attached hydrogen (secondary N) is 1. The van der Waals surface area contributed by atoms with E-state index in [0.29, 0.717) is 10.9 Å². The van der Waals surface area contributed by atoms with Gasteiger partial charge in [-0.05, 0) is 18.0 Å². The van der Waals surface area contributed by atoms with Gasteiger partial charge in [0.2, 0.25) is 0 Å². The van der Waals surface area contributed by atoms with Crippen LogP contribution in [0.2, 0.25) is 0 Å². The summed E-state index contributed by atoms with van der Waals surface area (Å²) in [5.74, 6) is -0.0129. The minimum atomic E-state index is -0.0129. The van der Waals surface area contributed by atoms with Gasteiger partial charge in [0, 0.05) is 45.3 Å². The highest BCUT2D eigenvalue weighted by Crippen LogP contribution is 2.16. The standard InChI is InChI=1S/C13H21N5OS/c1-2-3-11-12(20-16-15-11)13(19)14-8-10-9-17-4-6-18(10)7-5-17/h10H,2-9H2,1H3,(H,14,19). The molecule has 3 saturated heterocycles. The Hall–Kier alpha value is -1.05. The van der Waals surface area contributed by atoms with Crippen molar-refractivity contribution in [2.45, 2.75) is 25.8 Å². The van der Waals surface area contributed by atoms with Gasteiger partial charge >= 0.3 is 0 Å². The first-order chi connectivity index (χ1) is 9.78. The van der Waals surface area contributed by atoms with Gasteiger partial charge < -0.3 is 5.32 Å². The van der Waals surface area contributed by atoms with Gasteiger partial charge in [-0.3, -0.25) is 14.6 Å². The summed E-state index contributed by atoms with van der Waals surface area (Å²) in [7, 11) is 0. The van der Waals surface area contributed by atoms with Gasteiger partial charge in [0.1, 0.15) is 4.88 Å². The lowest BCUT2D eigenvalue weighted by molar-refractivity contribution is 0.0138. The molecule has 0 aliphatic carbocycles. The Kier molecular flexibility index (Phi) is 4.28. The van der Waals surface area contributed by atoms with Crippen LogP contribution >= 0.6 is 11.5 Å². The van der Waals surface area contributed by atoms with E-state index in [2.05, 4.69) is 31.6 Å². The van der Waals surface area contributed by atoms with Crippen LogP contribution in [0.4, 0.5) is 0 Å². The number of rotatable bonds is 5. The molecule has 4 heterocycles. The van der Waals surface area contributed by atoms with Gasteiger partial charge in [-0.2, -0.15) is 0 Å². The van der Waals surface area contributed by atoms with Crippen LogP contribution in [0.15, 0.2) is 0 Å². The molecule has 1 N–H and O–H groups in total. The number of fused-ring (bicyclic) bond motifs is 3. The maximum absolute atomic E-state index is 12.2. The molecule has 3 fully saturated rings. The third kappa shape index (κ3) is 2.84. The molecule has 1 amide bonds. The summed E-state index contributed by atoms with van der Waals surface area (Å²) in [6.07, 6.45) is 1.81. The molecule has 0 radical (unpaired) electrons. The average Bonchev–Trinajstić information content (AvgIpc) is 2.95. The number of amides is 1. The number of hydrogen-bond donors (Lipinski definition) is 1. The number of piperazine rings is 3. The zero-order valence-electron chi connectivity index (χ0n) is 11.8. The zero-order chi connectivity index (χ0) is 13.9. The van der Waals surface area contributed by atoms with E-state index in [1.807, 2.05) is 0 Å². The zero-order valence-corrected chi connectivity index (χ0v) is 12.7. The summed E-state index contributed by atoms with van der Waals surface area (Å²) in [6.45, 7) is 8.48. The van der Waals surface area contributed by atoms with E-state index in [9.17, 15) is 4.79 Å². The van der Waals surface area contributed by atoms with E-state index < -0.39 is 0 Å². The van der Waals surface area contributed by atoms with Gasteiger partial charge in [-0.25, -0.2) is 0 Å².